The molecule has 0 amide bonds. The van der Waals surface area contributed by atoms with Crippen molar-refractivity contribution in [3.63, 3.8) is 0 Å². The van der Waals surface area contributed by atoms with E-state index in [4.69, 9.17) is 0 Å². The maximum atomic E-state index is 11.7. The Labute approximate surface area is 144 Å². The van der Waals surface area contributed by atoms with E-state index in [1.54, 1.807) is 11.3 Å². The predicted molar refractivity (Wildman–Crippen MR) is 95.6 cm³/mol. The third-order valence-corrected chi connectivity index (χ3v) is 6.21. The van der Waals surface area contributed by atoms with Gasteiger partial charge >= 0.3 is 0 Å². The number of benzene rings is 1. The monoisotopic (exact) mass is 379 g/mol. The van der Waals surface area contributed by atoms with Gasteiger partial charge in [-0.3, -0.25) is 0 Å². The molecule has 3 rings (SSSR count). The average Bonchev–Trinajstić information content (AvgIpc) is 3.05. The summed E-state index contributed by atoms with van der Waals surface area (Å²) in [6.45, 7) is 0. The van der Waals surface area contributed by atoms with Crippen molar-refractivity contribution in [2.24, 2.45) is 5.92 Å². The summed E-state index contributed by atoms with van der Waals surface area (Å²) >= 11 is 5.15. The number of rotatable bonds is 5. The first-order valence-electron chi connectivity index (χ1n) is 8.04. The van der Waals surface area contributed by atoms with Gasteiger partial charge in [0, 0.05) is 16.4 Å². The molecule has 1 heterocycles. The minimum absolute atomic E-state index is 0.270. The molecule has 0 aliphatic heterocycles. The van der Waals surface area contributed by atoms with Crippen LogP contribution in [0.3, 0.4) is 0 Å². The van der Waals surface area contributed by atoms with E-state index in [0.717, 1.165) is 35.2 Å². The van der Waals surface area contributed by atoms with Crippen LogP contribution >= 0.6 is 27.3 Å². The second-order valence-corrected chi connectivity index (χ2v) is 7.95. The van der Waals surface area contributed by atoms with Crippen LogP contribution in [0.4, 0.5) is 0 Å². The highest BCUT2D eigenvalue weighted by Crippen LogP contribution is 2.45. The molecule has 22 heavy (non-hydrogen) atoms. The molecule has 0 bridgehead atoms. The van der Waals surface area contributed by atoms with E-state index in [1.165, 1.54) is 24.1 Å². The van der Waals surface area contributed by atoms with E-state index >= 15 is 0 Å². The quantitative estimate of drug-likeness (QED) is 0.749. The average molecular weight is 380 g/mol. The molecule has 0 radical (unpaired) electrons. The number of nitrogens with zero attached hydrogens (tertiary/aromatic N) is 1. The third-order valence-electron chi connectivity index (χ3n) is 4.63. The van der Waals surface area contributed by atoms with Crippen LogP contribution in [0.5, 0.6) is 0 Å². The topological polar surface area (TPSA) is 33.1 Å². The normalized spacial score (nSPS) is 19.0. The number of aromatic nitrogens is 1. The Bertz CT molecular complexity index is 594. The first-order valence-corrected chi connectivity index (χ1v) is 9.98. The summed E-state index contributed by atoms with van der Waals surface area (Å²) in [7, 11) is 0. The van der Waals surface area contributed by atoms with Crippen molar-refractivity contribution in [3.05, 3.63) is 52.0 Å². The fourth-order valence-electron chi connectivity index (χ4n) is 3.44. The van der Waals surface area contributed by atoms with Gasteiger partial charge in [-0.25, -0.2) is 4.98 Å². The fraction of sp³-hybridized carbons (Fsp3) is 0.500. The second kappa shape index (κ2) is 7.24. The van der Waals surface area contributed by atoms with Gasteiger partial charge in [0.05, 0.1) is 0 Å². The Morgan fingerprint density at radius 2 is 1.91 bits per heavy atom. The number of hydrogen-bond donors (Lipinski definition) is 1. The number of hydrogen-bond acceptors (Lipinski definition) is 3. The predicted octanol–water partition coefficient (Wildman–Crippen LogP) is 4.90. The number of aryl methyl sites for hydroxylation is 1. The molecule has 1 atom stereocenters. The van der Waals surface area contributed by atoms with Crippen molar-refractivity contribution in [2.75, 3.05) is 5.33 Å². The molecule has 2 nitrogen and oxygen atoms in total. The second-order valence-electron chi connectivity index (χ2n) is 6.04. The highest BCUT2D eigenvalue weighted by Gasteiger charge is 2.42. The molecule has 0 spiro atoms. The van der Waals surface area contributed by atoms with Crippen LogP contribution in [0.1, 0.15) is 47.6 Å². The smallest absolute Gasteiger partial charge is 0.144 e. The van der Waals surface area contributed by atoms with Crippen molar-refractivity contribution >= 4 is 27.3 Å². The minimum Gasteiger partial charge on any atom is -0.378 e. The van der Waals surface area contributed by atoms with Gasteiger partial charge in [0.1, 0.15) is 10.6 Å². The molecular weight excluding hydrogens is 358 g/mol. The maximum absolute atomic E-state index is 11.7. The molecule has 1 aliphatic rings. The van der Waals surface area contributed by atoms with Crippen molar-refractivity contribution < 1.29 is 5.11 Å². The molecule has 2 aromatic rings. The zero-order valence-electron chi connectivity index (χ0n) is 12.7. The summed E-state index contributed by atoms with van der Waals surface area (Å²) in [5.74, 6) is 0.270. The molecule has 118 valence electrons. The van der Waals surface area contributed by atoms with Gasteiger partial charge in [0.25, 0.3) is 0 Å². The number of alkyl halides is 1. The Balaban J connectivity index is 2.01. The lowest BCUT2D eigenvalue weighted by Gasteiger charge is -2.37. The highest BCUT2D eigenvalue weighted by atomic mass is 79.9. The van der Waals surface area contributed by atoms with Gasteiger partial charge in [0.15, 0.2) is 0 Å². The lowest BCUT2D eigenvalue weighted by atomic mass is 9.73. The van der Waals surface area contributed by atoms with Crippen LogP contribution in [-0.4, -0.2) is 15.4 Å². The van der Waals surface area contributed by atoms with Crippen LogP contribution in [0.2, 0.25) is 0 Å². The van der Waals surface area contributed by atoms with Crippen LogP contribution in [0.15, 0.2) is 36.5 Å². The first-order chi connectivity index (χ1) is 10.7. The van der Waals surface area contributed by atoms with Gasteiger partial charge in [-0.05, 0) is 30.7 Å². The molecule has 1 unspecified atom stereocenters. The van der Waals surface area contributed by atoms with Crippen molar-refractivity contribution in [1.29, 1.82) is 0 Å². The summed E-state index contributed by atoms with van der Waals surface area (Å²) in [4.78, 5) is 5.84. The summed E-state index contributed by atoms with van der Waals surface area (Å²) in [5, 5.41) is 13.5. The first kappa shape index (κ1) is 16.2. The molecule has 1 fully saturated rings. The molecule has 1 N–H and O–H groups in total. The van der Waals surface area contributed by atoms with E-state index in [1.807, 2.05) is 36.5 Å². The highest BCUT2D eigenvalue weighted by molar-refractivity contribution is 9.09. The number of halogens is 1. The minimum atomic E-state index is -0.934. The Hall–Kier alpha value is -0.710. The molecule has 1 saturated carbocycles. The SMILES string of the molecule is OC(c1ccccc1)(c1ncc(CCBr)s1)C1CCCCC1. The summed E-state index contributed by atoms with van der Waals surface area (Å²) in [5.41, 5.74) is 0.0540. The van der Waals surface area contributed by atoms with Gasteiger partial charge in [-0.1, -0.05) is 65.5 Å². The third kappa shape index (κ3) is 3.15. The van der Waals surface area contributed by atoms with Gasteiger partial charge in [0.2, 0.25) is 0 Å². The molecular formula is C18H22BrNOS. The standard InChI is InChI=1S/C18H22BrNOS/c19-12-11-16-13-20-17(22-16)18(21,14-7-3-1-4-8-14)15-9-5-2-6-10-15/h1,3-4,7-8,13,15,21H,2,5-6,9-12H2. The zero-order chi connectivity index (χ0) is 15.4. The van der Waals surface area contributed by atoms with E-state index in [0.29, 0.717) is 0 Å². The van der Waals surface area contributed by atoms with Gasteiger partial charge in [-0.2, -0.15) is 0 Å². The number of aliphatic hydroxyl groups is 1. The molecule has 1 aromatic carbocycles. The maximum Gasteiger partial charge on any atom is 0.144 e. The van der Waals surface area contributed by atoms with Crippen LogP contribution in [0.25, 0.3) is 0 Å². The van der Waals surface area contributed by atoms with E-state index in [2.05, 4.69) is 20.9 Å². The molecule has 1 aromatic heterocycles. The lowest BCUT2D eigenvalue weighted by molar-refractivity contribution is -0.000882. The van der Waals surface area contributed by atoms with Crippen LogP contribution < -0.4 is 0 Å². The van der Waals surface area contributed by atoms with E-state index in [-0.39, 0.29) is 5.92 Å². The van der Waals surface area contributed by atoms with Crippen LogP contribution in [-0.2, 0) is 12.0 Å². The molecule has 1 aliphatic carbocycles. The largest absolute Gasteiger partial charge is 0.378 e. The number of thiazole rings is 1. The molecule has 0 saturated heterocycles. The van der Waals surface area contributed by atoms with Crippen molar-refractivity contribution in [2.45, 2.75) is 44.1 Å². The summed E-state index contributed by atoms with van der Waals surface area (Å²) < 4.78 is 0. The summed E-state index contributed by atoms with van der Waals surface area (Å²) in [6.07, 6.45) is 8.76. The lowest BCUT2D eigenvalue weighted by Crippen LogP contribution is -2.37. The fourth-order valence-corrected chi connectivity index (χ4v) is 5.23. The Morgan fingerprint density at radius 3 is 2.59 bits per heavy atom. The molecule has 4 heteroatoms. The van der Waals surface area contributed by atoms with Crippen LogP contribution in [0, 0.1) is 5.92 Å². The zero-order valence-corrected chi connectivity index (χ0v) is 15.1. The van der Waals surface area contributed by atoms with Crippen molar-refractivity contribution in [3.8, 4) is 0 Å². The Kier molecular flexibility index (Phi) is 5.32. The van der Waals surface area contributed by atoms with Crippen molar-refractivity contribution in [1.82, 2.24) is 4.98 Å². The van der Waals surface area contributed by atoms with Gasteiger partial charge < -0.3 is 5.11 Å². The van der Waals surface area contributed by atoms with E-state index in [9.17, 15) is 5.11 Å². The van der Waals surface area contributed by atoms with E-state index < -0.39 is 5.60 Å². The van der Waals surface area contributed by atoms with Gasteiger partial charge in [-0.15, -0.1) is 11.3 Å². The Morgan fingerprint density at radius 1 is 1.18 bits per heavy atom. The summed E-state index contributed by atoms with van der Waals surface area (Å²) in [6, 6.07) is 10.1.